The summed E-state index contributed by atoms with van der Waals surface area (Å²) in [5, 5.41) is 21.4. The Labute approximate surface area is 186 Å². The maximum absolute atomic E-state index is 10.7. The molecule has 3 rings (SSSR count). The van der Waals surface area contributed by atoms with E-state index in [2.05, 4.69) is 76.2 Å². The highest BCUT2D eigenvalue weighted by Crippen LogP contribution is 2.43. The Morgan fingerprint density at radius 2 is 1.10 bits per heavy atom. The quantitative estimate of drug-likeness (QED) is 0.423. The first-order valence-corrected chi connectivity index (χ1v) is 11.1. The lowest BCUT2D eigenvalue weighted by Gasteiger charge is -2.34. The predicted octanol–water partition coefficient (Wildman–Crippen LogP) is 6.29. The van der Waals surface area contributed by atoms with E-state index in [4.69, 9.17) is 4.74 Å². The van der Waals surface area contributed by atoms with Gasteiger partial charge in [0.2, 0.25) is 0 Å². The summed E-state index contributed by atoms with van der Waals surface area (Å²) in [6.45, 7) is 8.79. The molecule has 1 atom stereocenters. The lowest BCUT2D eigenvalue weighted by atomic mass is 9.69. The van der Waals surface area contributed by atoms with Gasteiger partial charge >= 0.3 is 0 Å². The molecule has 0 amide bonds. The molecule has 1 unspecified atom stereocenters. The molecule has 0 saturated carbocycles. The number of hydrogen-bond acceptors (Lipinski definition) is 3. The van der Waals surface area contributed by atoms with Crippen molar-refractivity contribution in [1.82, 2.24) is 0 Å². The van der Waals surface area contributed by atoms with Gasteiger partial charge in [-0.2, -0.15) is 0 Å². The molecule has 164 valence electrons. The first-order valence-electron chi connectivity index (χ1n) is 11.1. The number of benzene rings is 3. The van der Waals surface area contributed by atoms with Crippen LogP contribution in [0.5, 0.6) is 11.5 Å². The van der Waals surface area contributed by atoms with Crippen LogP contribution in [0.3, 0.4) is 0 Å². The molecule has 0 bridgehead atoms. The van der Waals surface area contributed by atoms with Gasteiger partial charge in [-0.25, -0.2) is 0 Å². The molecule has 0 aliphatic carbocycles. The standard InChI is InChI=1S/C28H34O3/c1-6-19-14-24(15-20(7-2)26(19)29)28(4,23-12-10-9-11-13-23)25-16-21(8-3)27(30)22(17-25)18-31-5/h9-17,29-30H,6-8,18H2,1-5H3. The SMILES string of the molecule is CCc1cc(C(C)(c2ccccc2)c2cc(CC)c(O)c(COC)c2)cc(CC)c1O. The molecule has 3 aromatic rings. The van der Waals surface area contributed by atoms with E-state index >= 15 is 0 Å². The highest BCUT2D eigenvalue weighted by Gasteiger charge is 2.33. The largest absolute Gasteiger partial charge is 0.507 e. The molecule has 3 aromatic carbocycles. The Morgan fingerprint density at radius 1 is 0.677 bits per heavy atom. The molecule has 2 N–H and O–H groups in total. The summed E-state index contributed by atoms with van der Waals surface area (Å²) in [4.78, 5) is 0. The molecular formula is C28H34O3. The Balaban J connectivity index is 2.37. The van der Waals surface area contributed by atoms with E-state index in [1.54, 1.807) is 7.11 Å². The Hall–Kier alpha value is -2.78. The van der Waals surface area contributed by atoms with Crippen LogP contribution in [0.4, 0.5) is 0 Å². The lowest BCUT2D eigenvalue weighted by Crippen LogP contribution is -2.26. The van der Waals surface area contributed by atoms with Gasteiger partial charge in [-0.3, -0.25) is 0 Å². The van der Waals surface area contributed by atoms with E-state index in [1.165, 1.54) is 5.56 Å². The van der Waals surface area contributed by atoms with Crippen LogP contribution in [0.15, 0.2) is 54.6 Å². The molecule has 0 radical (unpaired) electrons. The normalized spacial score (nSPS) is 13.2. The number of aryl methyl sites for hydroxylation is 3. The second-order valence-electron chi connectivity index (χ2n) is 8.27. The van der Waals surface area contributed by atoms with Crippen molar-refractivity contribution in [2.45, 2.75) is 59.0 Å². The van der Waals surface area contributed by atoms with Gasteiger partial charge in [0.1, 0.15) is 11.5 Å². The van der Waals surface area contributed by atoms with Crippen LogP contribution >= 0.6 is 0 Å². The first-order chi connectivity index (χ1) is 14.9. The smallest absolute Gasteiger partial charge is 0.124 e. The van der Waals surface area contributed by atoms with Crippen molar-refractivity contribution >= 4 is 0 Å². The number of aromatic hydroxyl groups is 2. The summed E-state index contributed by atoms with van der Waals surface area (Å²) in [5.74, 6) is 0.724. The maximum atomic E-state index is 10.7. The zero-order valence-electron chi connectivity index (χ0n) is 19.3. The Morgan fingerprint density at radius 3 is 1.52 bits per heavy atom. The van der Waals surface area contributed by atoms with Crippen LogP contribution in [0.1, 0.15) is 66.6 Å². The van der Waals surface area contributed by atoms with Crippen molar-refractivity contribution in [2.75, 3.05) is 7.11 Å². The molecule has 0 aliphatic heterocycles. The van der Waals surface area contributed by atoms with Crippen LogP contribution in [0.25, 0.3) is 0 Å². The van der Waals surface area contributed by atoms with E-state index in [9.17, 15) is 10.2 Å². The molecule has 0 heterocycles. The molecule has 3 nitrogen and oxygen atoms in total. The zero-order chi connectivity index (χ0) is 22.6. The average molecular weight is 419 g/mol. The summed E-state index contributed by atoms with van der Waals surface area (Å²) < 4.78 is 5.38. The van der Waals surface area contributed by atoms with Gasteiger partial charge in [-0.05, 0) is 65.6 Å². The van der Waals surface area contributed by atoms with E-state index < -0.39 is 5.41 Å². The number of phenols is 2. The highest BCUT2D eigenvalue weighted by molar-refractivity contribution is 5.57. The first kappa shape index (κ1) is 22.9. The summed E-state index contributed by atoms with van der Waals surface area (Å²) in [6, 6.07) is 18.9. The summed E-state index contributed by atoms with van der Waals surface area (Å²) in [5.41, 5.74) is 6.59. The lowest BCUT2D eigenvalue weighted by molar-refractivity contribution is 0.181. The molecule has 0 aliphatic rings. The highest BCUT2D eigenvalue weighted by atomic mass is 16.5. The van der Waals surface area contributed by atoms with Gasteiger partial charge in [0.15, 0.2) is 0 Å². The molecular weight excluding hydrogens is 384 g/mol. The van der Waals surface area contributed by atoms with E-state index in [0.717, 1.165) is 52.6 Å². The third-order valence-electron chi connectivity index (χ3n) is 6.48. The van der Waals surface area contributed by atoms with Gasteiger partial charge in [-0.15, -0.1) is 0 Å². The number of rotatable bonds is 8. The fourth-order valence-corrected chi connectivity index (χ4v) is 4.44. The van der Waals surface area contributed by atoms with Crippen LogP contribution in [0.2, 0.25) is 0 Å². The minimum absolute atomic E-state index is 0.317. The van der Waals surface area contributed by atoms with Crippen molar-refractivity contribution in [2.24, 2.45) is 0 Å². The van der Waals surface area contributed by atoms with Crippen molar-refractivity contribution in [3.8, 4) is 11.5 Å². The van der Waals surface area contributed by atoms with Gasteiger partial charge in [0, 0.05) is 18.1 Å². The molecule has 0 spiro atoms. The van der Waals surface area contributed by atoms with Gasteiger partial charge in [0.05, 0.1) is 6.61 Å². The number of methoxy groups -OCH3 is 1. The molecule has 0 aromatic heterocycles. The second kappa shape index (κ2) is 9.57. The average Bonchev–Trinajstić information content (AvgIpc) is 2.80. The number of hydrogen-bond donors (Lipinski definition) is 2. The van der Waals surface area contributed by atoms with Crippen molar-refractivity contribution < 1.29 is 14.9 Å². The molecule has 31 heavy (non-hydrogen) atoms. The van der Waals surface area contributed by atoms with Gasteiger partial charge < -0.3 is 14.9 Å². The minimum Gasteiger partial charge on any atom is -0.507 e. The van der Waals surface area contributed by atoms with Crippen LogP contribution < -0.4 is 0 Å². The van der Waals surface area contributed by atoms with Crippen LogP contribution in [-0.2, 0) is 36.0 Å². The van der Waals surface area contributed by atoms with Crippen molar-refractivity contribution in [3.05, 3.63) is 93.5 Å². The molecule has 0 fully saturated rings. The topological polar surface area (TPSA) is 49.7 Å². The Kier molecular flexibility index (Phi) is 7.07. The second-order valence-corrected chi connectivity index (χ2v) is 8.27. The van der Waals surface area contributed by atoms with Crippen molar-refractivity contribution in [3.63, 3.8) is 0 Å². The van der Waals surface area contributed by atoms with E-state index in [1.807, 2.05) is 6.07 Å². The van der Waals surface area contributed by atoms with Gasteiger partial charge in [0.25, 0.3) is 0 Å². The predicted molar refractivity (Wildman–Crippen MR) is 127 cm³/mol. The molecule has 3 heteroatoms. The van der Waals surface area contributed by atoms with E-state index in [0.29, 0.717) is 18.1 Å². The zero-order valence-corrected chi connectivity index (χ0v) is 19.3. The summed E-state index contributed by atoms with van der Waals surface area (Å²) >= 11 is 0. The maximum Gasteiger partial charge on any atom is 0.124 e. The van der Waals surface area contributed by atoms with E-state index in [-0.39, 0.29) is 0 Å². The summed E-state index contributed by atoms with van der Waals surface area (Å²) in [6.07, 6.45) is 2.27. The number of phenolic OH excluding ortho intramolecular Hbond substituents is 2. The van der Waals surface area contributed by atoms with Gasteiger partial charge in [-0.1, -0.05) is 69.3 Å². The van der Waals surface area contributed by atoms with Crippen molar-refractivity contribution in [1.29, 1.82) is 0 Å². The Bertz CT molecular complexity index is 1010. The third kappa shape index (κ3) is 4.20. The molecule has 0 saturated heterocycles. The summed E-state index contributed by atoms with van der Waals surface area (Å²) in [7, 11) is 1.65. The van der Waals surface area contributed by atoms with Crippen LogP contribution in [0, 0.1) is 0 Å². The fraction of sp³-hybridized carbons (Fsp3) is 0.357. The monoisotopic (exact) mass is 418 g/mol. The minimum atomic E-state index is -0.455. The number of ether oxygens (including phenoxy) is 1. The fourth-order valence-electron chi connectivity index (χ4n) is 4.44. The third-order valence-corrected chi connectivity index (χ3v) is 6.48. The van der Waals surface area contributed by atoms with Crippen LogP contribution in [-0.4, -0.2) is 17.3 Å².